The van der Waals surface area contributed by atoms with E-state index in [1.807, 2.05) is 12.1 Å². The molecule has 0 atom stereocenters. The van der Waals surface area contributed by atoms with Gasteiger partial charge in [-0.25, -0.2) is 0 Å². The molecular formula is C20H27NO2. The highest BCUT2D eigenvalue weighted by atomic mass is 16.1. The van der Waals surface area contributed by atoms with Crippen LogP contribution in [0.5, 0.6) is 0 Å². The number of rotatable bonds is 5. The number of hydrogen-bond donors (Lipinski definition) is 0. The number of aldehydes is 1. The first kappa shape index (κ1) is 17.5. The van der Waals surface area contributed by atoms with Crippen molar-refractivity contribution in [2.75, 3.05) is 4.90 Å². The van der Waals surface area contributed by atoms with Gasteiger partial charge in [0, 0.05) is 22.5 Å². The molecule has 0 amide bonds. The molecule has 0 N–H and O–H groups in total. The van der Waals surface area contributed by atoms with Crippen LogP contribution in [0.3, 0.4) is 0 Å². The standard InChI is InChI=1S/C20H27NO2/c1-15-9-5-7-11-17(15)21(20(2,3)4)18-12-8-6-10-16(18)19(23)13-14-22/h5,7,9,11,14H,6,8,10,12-13H2,1-4H3. The number of carbonyl (C=O) groups is 2. The summed E-state index contributed by atoms with van der Waals surface area (Å²) in [5.74, 6) is -0.0162. The third kappa shape index (κ3) is 3.90. The molecule has 0 fully saturated rings. The first-order chi connectivity index (χ1) is 10.9. The van der Waals surface area contributed by atoms with Gasteiger partial charge in [-0.15, -0.1) is 0 Å². The van der Waals surface area contributed by atoms with Crippen molar-refractivity contribution in [2.45, 2.75) is 65.3 Å². The number of para-hydroxylation sites is 1. The Bertz CT molecular complexity index is 623. The topological polar surface area (TPSA) is 37.4 Å². The van der Waals surface area contributed by atoms with Crippen LogP contribution in [0.2, 0.25) is 0 Å². The van der Waals surface area contributed by atoms with Gasteiger partial charge in [-0.2, -0.15) is 0 Å². The molecule has 0 spiro atoms. The maximum atomic E-state index is 12.4. The molecule has 0 aromatic heterocycles. The Labute approximate surface area is 139 Å². The largest absolute Gasteiger partial charge is 0.339 e. The molecule has 0 saturated carbocycles. The lowest BCUT2D eigenvalue weighted by Gasteiger charge is -2.42. The number of anilines is 1. The van der Waals surface area contributed by atoms with Crippen molar-refractivity contribution < 1.29 is 9.59 Å². The zero-order valence-electron chi connectivity index (χ0n) is 14.7. The number of ketones is 1. The molecule has 2 rings (SSSR count). The summed E-state index contributed by atoms with van der Waals surface area (Å²) in [5.41, 5.74) is 4.16. The fraction of sp³-hybridized carbons (Fsp3) is 0.500. The summed E-state index contributed by atoms with van der Waals surface area (Å²) >= 11 is 0. The van der Waals surface area contributed by atoms with Gasteiger partial charge in [0.2, 0.25) is 0 Å². The molecule has 0 unspecified atom stereocenters. The van der Waals surface area contributed by atoms with Crippen LogP contribution >= 0.6 is 0 Å². The highest BCUT2D eigenvalue weighted by Gasteiger charge is 2.31. The minimum atomic E-state index is -0.133. The number of nitrogens with zero attached hydrogens (tertiary/aromatic N) is 1. The van der Waals surface area contributed by atoms with Gasteiger partial charge >= 0.3 is 0 Å². The number of hydrogen-bond acceptors (Lipinski definition) is 3. The number of allylic oxidation sites excluding steroid dienone is 2. The molecule has 1 aliphatic rings. The summed E-state index contributed by atoms with van der Waals surface area (Å²) in [5, 5.41) is 0. The molecular weight excluding hydrogens is 286 g/mol. The Morgan fingerprint density at radius 3 is 2.43 bits per heavy atom. The van der Waals surface area contributed by atoms with Gasteiger partial charge in [-0.05, 0) is 65.0 Å². The van der Waals surface area contributed by atoms with E-state index in [-0.39, 0.29) is 17.7 Å². The van der Waals surface area contributed by atoms with Crippen LogP contribution in [-0.4, -0.2) is 17.6 Å². The Morgan fingerprint density at radius 2 is 1.83 bits per heavy atom. The highest BCUT2D eigenvalue weighted by molar-refractivity contribution is 6.03. The summed E-state index contributed by atoms with van der Waals surface area (Å²) in [7, 11) is 0. The van der Waals surface area contributed by atoms with E-state index in [4.69, 9.17) is 0 Å². The van der Waals surface area contributed by atoms with Crippen molar-refractivity contribution >= 4 is 17.8 Å². The normalized spacial score (nSPS) is 15.5. The average Bonchev–Trinajstić information content (AvgIpc) is 2.49. The lowest BCUT2D eigenvalue weighted by molar-refractivity contribution is -0.119. The molecule has 124 valence electrons. The van der Waals surface area contributed by atoms with E-state index in [1.54, 1.807) is 0 Å². The van der Waals surface area contributed by atoms with Crippen molar-refractivity contribution in [3.63, 3.8) is 0 Å². The van der Waals surface area contributed by atoms with Crippen LogP contribution in [-0.2, 0) is 9.59 Å². The Hall–Kier alpha value is -1.90. The monoisotopic (exact) mass is 313 g/mol. The van der Waals surface area contributed by atoms with Crippen LogP contribution in [0.15, 0.2) is 35.5 Å². The van der Waals surface area contributed by atoms with E-state index in [1.165, 1.54) is 5.56 Å². The summed E-state index contributed by atoms with van der Waals surface area (Å²) in [6.07, 6.45) is 4.49. The lowest BCUT2D eigenvalue weighted by atomic mass is 9.88. The summed E-state index contributed by atoms with van der Waals surface area (Å²) in [6, 6.07) is 8.29. The highest BCUT2D eigenvalue weighted by Crippen LogP contribution is 2.38. The van der Waals surface area contributed by atoms with Crippen molar-refractivity contribution in [3.05, 3.63) is 41.1 Å². The van der Waals surface area contributed by atoms with Crippen molar-refractivity contribution in [1.82, 2.24) is 0 Å². The predicted molar refractivity (Wildman–Crippen MR) is 94.6 cm³/mol. The lowest BCUT2D eigenvalue weighted by Crippen LogP contribution is -2.43. The number of aryl methyl sites for hydroxylation is 1. The number of benzene rings is 1. The molecule has 0 saturated heterocycles. The molecule has 0 bridgehead atoms. The molecule has 3 heteroatoms. The van der Waals surface area contributed by atoms with Crippen LogP contribution in [0.1, 0.15) is 58.4 Å². The third-order valence-electron chi connectivity index (χ3n) is 4.34. The van der Waals surface area contributed by atoms with E-state index in [0.29, 0.717) is 0 Å². The Balaban J connectivity index is 2.59. The molecule has 1 aliphatic carbocycles. The maximum absolute atomic E-state index is 12.4. The van der Waals surface area contributed by atoms with Gasteiger partial charge in [-0.3, -0.25) is 4.79 Å². The molecule has 1 aromatic carbocycles. The molecule has 1 aromatic rings. The van der Waals surface area contributed by atoms with Crippen LogP contribution in [0, 0.1) is 6.92 Å². The fourth-order valence-corrected chi connectivity index (χ4v) is 3.36. The van der Waals surface area contributed by atoms with Gasteiger partial charge < -0.3 is 9.69 Å². The molecule has 23 heavy (non-hydrogen) atoms. The fourth-order valence-electron chi connectivity index (χ4n) is 3.36. The second-order valence-electron chi connectivity index (χ2n) is 7.22. The number of Topliss-reactive ketones (excluding diaryl/α,β-unsaturated/α-hetero) is 1. The van der Waals surface area contributed by atoms with Crippen LogP contribution in [0.4, 0.5) is 5.69 Å². The Kier molecular flexibility index (Phi) is 5.40. The average molecular weight is 313 g/mol. The summed E-state index contributed by atoms with van der Waals surface area (Å²) in [6.45, 7) is 8.61. The van der Waals surface area contributed by atoms with Crippen LogP contribution in [0.25, 0.3) is 0 Å². The first-order valence-corrected chi connectivity index (χ1v) is 8.41. The minimum absolute atomic E-state index is 0.00934. The van der Waals surface area contributed by atoms with Crippen molar-refractivity contribution in [2.24, 2.45) is 0 Å². The van der Waals surface area contributed by atoms with E-state index in [0.717, 1.165) is 48.9 Å². The van der Waals surface area contributed by atoms with E-state index >= 15 is 0 Å². The zero-order valence-corrected chi connectivity index (χ0v) is 14.7. The third-order valence-corrected chi connectivity index (χ3v) is 4.34. The molecule has 3 nitrogen and oxygen atoms in total. The smallest absolute Gasteiger partial charge is 0.167 e. The van der Waals surface area contributed by atoms with Gasteiger partial charge in [0.15, 0.2) is 5.78 Å². The van der Waals surface area contributed by atoms with E-state index in [9.17, 15) is 9.59 Å². The van der Waals surface area contributed by atoms with Crippen molar-refractivity contribution in [1.29, 1.82) is 0 Å². The molecule has 0 heterocycles. The SMILES string of the molecule is Cc1ccccc1N(C1=C(C(=O)CC=O)CCCC1)C(C)(C)C. The van der Waals surface area contributed by atoms with Crippen molar-refractivity contribution in [3.8, 4) is 0 Å². The Morgan fingerprint density at radius 1 is 1.17 bits per heavy atom. The van der Waals surface area contributed by atoms with Gasteiger partial charge in [0.25, 0.3) is 0 Å². The zero-order chi connectivity index (χ0) is 17.0. The minimum Gasteiger partial charge on any atom is -0.339 e. The van der Waals surface area contributed by atoms with E-state index < -0.39 is 0 Å². The quantitative estimate of drug-likeness (QED) is 0.589. The van der Waals surface area contributed by atoms with Gasteiger partial charge in [0.05, 0.1) is 6.42 Å². The first-order valence-electron chi connectivity index (χ1n) is 8.41. The molecule has 0 aliphatic heterocycles. The maximum Gasteiger partial charge on any atom is 0.167 e. The number of carbonyl (C=O) groups excluding carboxylic acids is 2. The summed E-state index contributed by atoms with van der Waals surface area (Å²) < 4.78 is 0. The second-order valence-corrected chi connectivity index (χ2v) is 7.22. The van der Waals surface area contributed by atoms with Gasteiger partial charge in [0.1, 0.15) is 6.29 Å². The molecule has 0 radical (unpaired) electrons. The summed E-state index contributed by atoms with van der Waals surface area (Å²) in [4.78, 5) is 25.5. The van der Waals surface area contributed by atoms with Gasteiger partial charge in [-0.1, -0.05) is 18.2 Å². The second kappa shape index (κ2) is 7.12. The van der Waals surface area contributed by atoms with Crippen LogP contribution < -0.4 is 4.90 Å². The van der Waals surface area contributed by atoms with E-state index in [2.05, 4.69) is 44.7 Å². The predicted octanol–water partition coefficient (Wildman–Crippen LogP) is 4.59.